The molecule has 0 fully saturated rings. The molecule has 0 bridgehead atoms. The molecule has 1 aliphatic heterocycles. The number of nitrogens with one attached hydrogen (secondary N) is 2. The van der Waals surface area contributed by atoms with Gasteiger partial charge in [-0.1, -0.05) is 17.7 Å². The van der Waals surface area contributed by atoms with Crippen LogP contribution in [0.4, 0.5) is 21.9 Å². The van der Waals surface area contributed by atoms with Gasteiger partial charge < -0.3 is 4.84 Å². The second kappa shape index (κ2) is 9.23. The monoisotopic (exact) mass is 450 g/mol. The lowest BCUT2D eigenvalue weighted by molar-refractivity contribution is -0.384. The van der Waals surface area contributed by atoms with Gasteiger partial charge in [-0.15, -0.1) is 0 Å². The van der Waals surface area contributed by atoms with Gasteiger partial charge in [0, 0.05) is 34.6 Å². The minimum atomic E-state index is -0.767. The molecule has 3 aromatic rings. The first-order chi connectivity index (χ1) is 15.5. The van der Waals surface area contributed by atoms with Gasteiger partial charge in [0.25, 0.3) is 5.69 Å². The summed E-state index contributed by atoms with van der Waals surface area (Å²) in [7, 11) is 0. The van der Waals surface area contributed by atoms with Crippen molar-refractivity contribution in [1.82, 2.24) is 10.5 Å². The molecule has 2 N–H and O–H groups in total. The van der Waals surface area contributed by atoms with Crippen molar-refractivity contribution < 1.29 is 14.6 Å². The summed E-state index contributed by atoms with van der Waals surface area (Å²) in [5.41, 5.74) is 4.73. The van der Waals surface area contributed by atoms with Crippen molar-refractivity contribution in [3.8, 4) is 0 Å². The number of carbonyl (C=O) groups is 1. The Morgan fingerprint density at radius 1 is 1.12 bits per heavy atom. The minimum absolute atomic E-state index is 0.0304. The summed E-state index contributed by atoms with van der Waals surface area (Å²) in [6, 6.07) is 16.0. The maximum absolute atomic E-state index is 12.1. The van der Waals surface area contributed by atoms with Crippen molar-refractivity contribution in [1.29, 1.82) is 0 Å². The number of benzene rings is 2. The van der Waals surface area contributed by atoms with Gasteiger partial charge >= 0.3 is 6.09 Å². The zero-order valence-corrected chi connectivity index (χ0v) is 17.1. The van der Waals surface area contributed by atoms with Crippen LogP contribution in [0.1, 0.15) is 11.3 Å². The fraction of sp³-hybridized carbons (Fsp3) is 0.0476. The number of nitro benzene ring substituents is 1. The third-order valence-corrected chi connectivity index (χ3v) is 4.60. The van der Waals surface area contributed by atoms with Gasteiger partial charge in [0.05, 0.1) is 22.0 Å². The normalized spacial score (nSPS) is 12.5. The van der Waals surface area contributed by atoms with Crippen LogP contribution in [0.2, 0.25) is 5.02 Å². The first-order valence-corrected chi connectivity index (χ1v) is 9.69. The topological polar surface area (TPSA) is 131 Å². The Hall–Kier alpha value is -4.31. The second-order valence-corrected chi connectivity index (χ2v) is 6.96. The van der Waals surface area contributed by atoms with Crippen LogP contribution in [0.25, 0.3) is 0 Å². The van der Waals surface area contributed by atoms with E-state index in [1.165, 1.54) is 18.2 Å². The number of hydrogen-bond donors (Lipinski definition) is 2. The summed E-state index contributed by atoms with van der Waals surface area (Å²) >= 11 is 5.82. The SMILES string of the molecule is O=C(Nc1ccc(Cl)cc1)ONC1=Nc2ccc([N+](=O)[O-])cc2C(c2ccccn2)=NC1. The molecule has 0 spiro atoms. The van der Waals surface area contributed by atoms with Crippen LogP contribution in [0.5, 0.6) is 0 Å². The number of amidine groups is 1. The molecule has 0 unspecified atom stereocenters. The van der Waals surface area contributed by atoms with Crippen LogP contribution in [-0.4, -0.2) is 34.1 Å². The average molecular weight is 451 g/mol. The average Bonchev–Trinajstić information content (AvgIpc) is 2.98. The van der Waals surface area contributed by atoms with Crippen LogP contribution < -0.4 is 10.8 Å². The van der Waals surface area contributed by atoms with Crippen molar-refractivity contribution >= 4 is 46.3 Å². The number of nitrogens with zero attached hydrogens (tertiary/aromatic N) is 4. The van der Waals surface area contributed by atoms with Crippen LogP contribution in [-0.2, 0) is 4.84 Å². The summed E-state index contributed by atoms with van der Waals surface area (Å²) in [4.78, 5) is 41.1. The second-order valence-electron chi connectivity index (χ2n) is 6.52. The molecule has 0 saturated carbocycles. The Morgan fingerprint density at radius 2 is 1.94 bits per heavy atom. The number of fused-ring (bicyclic) bond motifs is 1. The summed E-state index contributed by atoms with van der Waals surface area (Å²) in [5, 5.41) is 14.3. The molecule has 1 aliphatic rings. The molecule has 0 aliphatic carbocycles. The first-order valence-electron chi connectivity index (χ1n) is 9.31. The zero-order chi connectivity index (χ0) is 22.5. The predicted molar refractivity (Wildman–Crippen MR) is 120 cm³/mol. The Bertz CT molecular complexity index is 1230. The maximum Gasteiger partial charge on any atom is 0.435 e. The molecule has 32 heavy (non-hydrogen) atoms. The van der Waals surface area contributed by atoms with Crippen molar-refractivity contribution in [2.75, 3.05) is 11.9 Å². The number of nitro groups is 1. The number of halogens is 1. The summed E-state index contributed by atoms with van der Waals surface area (Å²) in [6.07, 6.45) is 0.835. The maximum atomic E-state index is 12.1. The van der Waals surface area contributed by atoms with Crippen molar-refractivity contribution in [2.45, 2.75) is 0 Å². The first kappa shape index (κ1) is 20.9. The molecule has 1 aromatic heterocycles. The lowest BCUT2D eigenvalue weighted by atomic mass is 10.0. The van der Waals surface area contributed by atoms with Gasteiger partial charge in [-0.2, -0.15) is 0 Å². The Balaban J connectivity index is 1.56. The smallest absolute Gasteiger partial charge is 0.323 e. The molecule has 10 nitrogen and oxygen atoms in total. The highest BCUT2D eigenvalue weighted by Crippen LogP contribution is 2.28. The number of rotatable bonds is 3. The van der Waals surface area contributed by atoms with E-state index in [0.29, 0.717) is 33.4 Å². The van der Waals surface area contributed by atoms with E-state index in [-0.39, 0.29) is 18.1 Å². The summed E-state index contributed by atoms with van der Waals surface area (Å²) < 4.78 is 0. The van der Waals surface area contributed by atoms with Crippen LogP contribution in [0.3, 0.4) is 0 Å². The highest BCUT2D eigenvalue weighted by Gasteiger charge is 2.21. The Labute approximate surface area is 186 Å². The Morgan fingerprint density at radius 3 is 2.66 bits per heavy atom. The van der Waals surface area contributed by atoms with E-state index in [1.807, 2.05) is 0 Å². The fourth-order valence-electron chi connectivity index (χ4n) is 2.90. The lowest BCUT2D eigenvalue weighted by Crippen LogP contribution is -2.31. The molecule has 0 atom stereocenters. The molecular formula is C21H15ClN6O4. The van der Waals surface area contributed by atoms with E-state index < -0.39 is 11.0 Å². The summed E-state index contributed by atoms with van der Waals surface area (Å²) in [5.74, 6) is 0.234. The summed E-state index contributed by atoms with van der Waals surface area (Å²) in [6.45, 7) is 0.0304. The molecule has 4 rings (SSSR count). The fourth-order valence-corrected chi connectivity index (χ4v) is 3.03. The number of hydrogen-bond acceptors (Lipinski definition) is 8. The predicted octanol–water partition coefficient (Wildman–Crippen LogP) is 4.28. The van der Waals surface area contributed by atoms with Crippen molar-refractivity contribution in [3.63, 3.8) is 0 Å². The highest BCUT2D eigenvalue weighted by atomic mass is 35.5. The molecule has 2 aromatic carbocycles. The molecule has 160 valence electrons. The Kier molecular flexibility index (Phi) is 6.04. The van der Waals surface area contributed by atoms with Crippen molar-refractivity contribution in [3.05, 3.63) is 93.3 Å². The van der Waals surface area contributed by atoms with E-state index >= 15 is 0 Å². The van der Waals surface area contributed by atoms with Crippen molar-refractivity contribution in [2.24, 2.45) is 9.98 Å². The number of anilines is 1. The van der Waals surface area contributed by atoms with Gasteiger partial charge in [0.1, 0.15) is 6.54 Å². The molecular weight excluding hydrogens is 436 g/mol. The highest BCUT2D eigenvalue weighted by molar-refractivity contribution is 6.30. The molecule has 0 saturated heterocycles. The number of aromatic nitrogens is 1. The lowest BCUT2D eigenvalue weighted by Gasteiger charge is -2.09. The number of aliphatic imine (C=N–C) groups is 2. The molecule has 11 heteroatoms. The largest absolute Gasteiger partial charge is 0.435 e. The number of hydroxylamine groups is 1. The third kappa shape index (κ3) is 4.87. The van der Waals surface area contributed by atoms with E-state index in [2.05, 4.69) is 25.8 Å². The van der Waals surface area contributed by atoms with Gasteiger partial charge in [0.15, 0.2) is 5.84 Å². The third-order valence-electron chi connectivity index (χ3n) is 4.35. The number of amides is 1. The zero-order valence-electron chi connectivity index (χ0n) is 16.4. The van der Waals surface area contributed by atoms with Crippen LogP contribution >= 0.6 is 11.6 Å². The molecule has 0 radical (unpaired) electrons. The minimum Gasteiger partial charge on any atom is -0.323 e. The van der Waals surface area contributed by atoms with Gasteiger partial charge in [0.2, 0.25) is 0 Å². The molecule has 2 heterocycles. The van der Waals surface area contributed by atoms with E-state index in [4.69, 9.17) is 16.4 Å². The van der Waals surface area contributed by atoms with E-state index in [9.17, 15) is 14.9 Å². The van der Waals surface area contributed by atoms with Crippen LogP contribution in [0.15, 0.2) is 76.8 Å². The van der Waals surface area contributed by atoms with Crippen LogP contribution in [0, 0.1) is 10.1 Å². The standard InChI is InChI=1S/C21H15ClN6O4/c22-13-4-6-14(7-5-13)25-21(29)32-27-19-12-24-20(18-3-1-2-10-23-18)16-11-15(28(30)31)8-9-17(16)26-19/h1-11H,12H2,(H,25,29)(H,26,27). The van der Waals surface area contributed by atoms with Gasteiger partial charge in [-0.05, 0) is 42.5 Å². The van der Waals surface area contributed by atoms with Gasteiger partial charge in [-0.3, -0.25) is 25.4 Å². The molecule has 1 amide bonds. The number of carbonyl (C=O) groups excluding carboxylic acids is 1. The van der Waals surface area contributed by atoms with E-state index in [1.54, 1.807) is 48.7 Å². The van der Waals surface area contributed by atoms with E-state index in [0.717, 1.165) is 0 Å². The number of non-ortho nitro benzene ring substituents is 1. The van der Waals surface area contributed by atoms with Gasteiger partial charge in [-0.25, -0.2) is 15.3 Å². The quantitative estimate of drug-likeness (QED) is 0.452. The number of pyridine rings is 1.